The van der Waals surface area contributed by atoms with Crippen molar-refractivity contribution in [2.45, 2.75) is 24.8 Å². The number of nitrogens with zero attached hydrogens (tertiary/aromatic N) is 1. The van der Waals surface area contributed by atoms with Crippen molar-refractivity contribution in [3.63, 3.8) is 0 Å². The highest BCUT2D eigenvalue weighted by Crippen LogP contribution is 2.39. The van der Waals surface area contributed by atoms with Crippen molar-refractivity contribution in [3.8, 4) is 0 Å². The van der Waals surface area contributed by atoms with E-state index in [-0.39, 0.29) is 0 Å². The number of aromatic nitrogens is 1. The zero-order valence-corrected chi connectivity index (χ0v) is 13.9. The molecule has 1 aliphatic rings. The first-order valence-corrected chi connectivity index (χ1v) is 8.27. The summed E-state index contributed by atoms with van der Waals surface area (Å²) in [6.07, 6.45) is 2.28. The van der Waals surface area contributed by atoms with E-state index in [1.54, 1.807) is 0 Å². The van der Waals surface area contributed by atoms with Gasteiger partial charge in [-0.15, -0.1) is 0 Å². The number of nitrogens with one attached hydrogen (secondary N) is 2. The molecule has 3 aromatic rings. The molecule has 1 aromatic heterocycles. The number of carboxylic acids is 1. The summed E-state index contributed by atoms with van der Waals surface area (Å²) >= 11 is 0. The molecule has 5 heteroatoms. The van der Waals surface area contributed by atoms with Crippen LogP contribution in [0, 0.1) is 0 Å². The normalized spacial score (nSPS) is 19.7. The quantitative estimate of drug-likeness (QED) is 0.658. The molecule has 0 bridgehead atoms. The fraction of sp³-hybridized carbons (Fsp3) is 0.200. The van der Waals surface area contributed by atoms with Gasteiger partial charge in [-0.3, -0.25) is 4.99 Å². The van der Waals surface area contributed by atoms with E-state index >= 15 is 0 Å². The third-order valence-electron chi connectivity index (χ3n) is 4.79. The lowest BCUT2D eigenvalue weighted by molar-refractivity contribution is -0.138. The fourth-order valence-corrected chi connectivity index (χ4v) is 3.48. The van der Waals surface area contributed by atoms with Crippen molar-refractivity contribution < 1.29 is 9.90 Å². The Morgan fingerprint density at radius 2 is 2.00 bits per heavy atom. The summed E-state index contributed by atoms with van der Waals surface area (Å²) in [6.45, 7) is 2.03. The first-order chi connectivity index (χ1) is 12.0. The molecule has 0 fully saturated rings. The van der Waals surface area contributed by atoms with Gasteiger partial charge in [-0.1, -0.05) is 43.3 Å². The van der Waals surface area contributed by atoms with Gasteiger partial charge in [0.05, 0.1) is 5.69 Å². The molecule has 0 aliphatic carbocycles. The van der Waals surface area contributed by atoms with E-state index in [1.165, 1.54) is 0 Å². The molecule has 5 nitrogen and oxygen atoms in total. The van der Waals surface area contributed by atoms with Crippen molar-refractivity contribution in [2.75, 3.05) is 5.32 Å². The van der Waals surface area contributed by atoms with Gasteiger partial charge in [0.15, 0.2) is 0 Å². The molecule has 2 heterocycles. The number of aliphatic carboxylic acids is 1. The molecular weight excluding hydrogens is 314 g/mol. The number of hydrogen-bond donors (Lipinski definition) is 3. The predicted molar refractivity (Wildman–Crippen MR) is 99.9 cm³/mol. The van der Waals surface area contributed by atoms with Crippen LogP contribution >= 0.6 is 0 Å². The molecule has 1 aliphatic heterocycles. The number of benzene rings is 2. The Balaban J connectivity index is 1.60. The number of rotatable bonds is 5. The van der Waals surface area contributed by atoms with Crippen molar-refractivity contribution in [1.29, 1.82) is 0 Å². The highest BCUT2D eigenvalue weighted by Gasteiger charge is 2.36. The number of hydrogen-bond acceptors (Lipinski definition) is 3. The van der Waals surface area contributed by atoms with Crippen LogP contribution in [-0.4, -0.2) is 28.3 Å². The highest BCUT2D eigenvalue weighted by atomic mass is 16.4. The van der Waals surface area contributed by atoms with Crippen molar-refractivity contribution in [2.24, 2.45) is 4.99 Å². The second-order valence-electron chi connectivity index (χ2n) is 6.70. The molecule has 0 saturated carbocycles. The van der Waals surface area contributed by atoms with E-state index in [0.29, 0.717) is 12.2 Å². The summed E-state index contributed by atoms with van der Waals surface area (Å²) in [5.74, 6) is -0.168. The highest BCUT2D eigenvalue weighted by molar-refractivity contribution is 5.88. The van der Waals surface area contributed by atoms with Crippen LogP contribution in [0.5, 0.6) is 0 Å². The van der Waals surface area contributed by atoms with Gasteiger partial charge in [0, 0.05) is 22.5 Å². The summed E-state index contributed by atoms with van der Waals surface area (Å²) in [7, 11) is 0. The van der Waals surface area contributed by atoms with Crippen LogP contribution in [0.4, 0.5) is 11.5 Å². The maximum Gasteiger partial charge on any atom is 0.326 e. The van der Waals surface area contributed by atoms with Gasteiger partial charge in [-0.05, 0) is 30.2 Å². The van der Waals surface area contributed by atoms with E-state index < -0.39 is 17.4 Å². The number of aliphatic imine (C=N–C) groups is 1. The Hall–Kier alpha value is -3.08. The number of fused-ring (bicyclic) bond motifs is 2. The number of anilines is 1. The molecule has 2 aromatic carbocycles. The molecule has 25 heavy (non-hydrogen) atoms. The van der Waals surface area contributed by atoms with Crippen molar-refractivity contribution in [3.05, 3.63) is 60.2 Å². The Labute approximate surface area is 145 Å². The van der Waals surface area contributed by atoms with Gasteiger partial charge in [-0.2, -0.15) is 0 Å². The lowest BCUT2D eigenvalue weighted by atomic mass is 9.79. The minimum absolute atomic E-state index is 0.404. The van der Waals surface area contributed by atoms with Crippen LogP contribution in [0.3, 0.4) is 0 Å². The van der Waals surface area contributed by atoms with Crippen LogP contribution in [0.25, 0.3) is 10.9 Å². The second kappa shape index (κ2) is 5.77. The molecule has 1 unspecified atom stereocenters. The summed E-state index contributed by atoms with van der Waals surface area (Å²) in [4.78, 5) is 19.5. The molecule has 0 spiro atoms. The summed E-state index contributed by atoms with van der Waals surface area (Å²) in [5, 5.41) is 13.9. The van der Waals surface area contributed by atoms with E-state index in [4.69, 9.17) is 0 Å². The van der Waals surface area contributed by atoms with Crippen molar-refractivity contribution in [1.82, 2.24) is 4.98 Å². The summed E-state index contributed by atoms with van der Waals surface area (Å²) in [6, 6.07) is 17.0. The van der Waals surface area contributed by atoms with E-state index in [9.17, 15) is 9.90 Å². The molecule has 0 amide bonds. The predicted octanol–water partition coefficient (Wildman–Crippen LogP) is 4.10. The Bertz CT molecular complexity index is 943. The zero-order chi connectivity index (χ0) is 17.4. The molecule has 2 atom stereocenters. The third kappa shape index (κ3) is 2.78. The first-order valence-electron chi connectivity index (χ1n) is 8.27. The van der Waals surface area contributed by atoms with Gasteiger partial charge in [-0.25, -0.2) is 4.79 Å². The Morgan fingerprint density at radius 3 is 2.80 bits per heavy atom. The molecule has 0 saturated heterocycles. The number of carboxylic acid groups (broad SMARTS) is 1. The average Bonchev–Trinajstić information content (AvgIpc) is 3.16. The van der Waals surface area contributed by atoms with Crippen LogP contribution in [0.1, 0.15) is 18.9 Å². The molecule has 4 rings (SSSR count). The van der Waals surface area contributed by atoms with Crippen molar-refractivity contribution >= 4 is 34.6 Å². The average molecular weight is 333 g/mol. The fourth-order valence-electron chi connectivity index (χ4n) is 3.48. The van der Waals surface area contributed by atoms with Gasteiger partial charge in [0.2, 0.25) is 0 Å². The number of aromatic amines is 1. The summed E-state index contributed by atoms with van der Waals surface area (Å²) < 4.78 is 0. The number of para-hydroxylation sites is 2. The monoisotopic (exact) mass is 333 g/mol. The van der Waals surface area contributed by atoms with E-state index in [0.717, 1.165) is 22.2 Å². The molecule has 126 valence electrons. The third-order valence-corrected chi connectivity index (χ3v) is 4.79. The first kappa shape index (κ1) is 15.4. The second-order valence-corrected chi connectivity index (χ2v) is 6.70. The van der Waals surface area contributed by atoms with Crippen LogP contribution in [-0.2, 0) is 10.2 Å². The minimum atomic E-state index is -0.877. The van der Waals surface area contributed by atoms with Gasteiger partial charge >= 0.3 is 5.97 Å². The Kier molecular flexibility index (Phi) is 3.57. The molecule has 0 radical (unpaired) electrons. The number of H-pyrrole nitrogens is 1. The van der Waals surface area contributed by atoms with E-state index in [2.05, 4.69) is 15.3 Å². The Morgan fingerprint density at radius 1 is 1.24 bits per heavy atom. The topological polar surface area (TPSA) is 77.5 Å². The molecular formula is C20H19N3O2. The standard InChI is InChI=1S/C20H19N3O2/c1-20(12-21-16-9-5-3-7-14(16)20)11-17(19(24)25)23-18-10-13-6-2-4-8-15(13)22-18/h2-10,12,17,22-23H,11H2,1H3,(H,24,25)/t17-,20?/m0/s1. The van der Waals surface area contributed by atoms with Gasteiger partial charge < -0.3 is 15.4 Å². The van der Waals surface area contributed by atoms with Crippen LogP contribution < -0.4 is 5.32 Å². The molecule has 3 N–H and O–H groups in total. The SMILES string of the molecule is CC1(C[C@H](Nc2cc3ccccc3[nH]2)C(=O)O)C=Nc2ccccc21. The van der Waals surface area contributed by atoms with Crippen LogP contribution in [0.2, 0.25) is 0 Å². The largest absolute Gasteiger partial charge is 0.480 e. The lowest BCUT2D eigenvalue weighted by Crippen LogP contribution is -2.37. The van der Waals surface area contributed by atoms with E-state index in [1.807, 2.05) is 67.7 Å². The smallest absolute Gasteiger partial charge is 0.326 e. The van der Waals surface area contributed by atoms with Crippen LogP contribution in [0.15, 0.2) is 59.6 Å². The maximum atomic E-state index is 11.8. The minimum Gasteiger partial charge on any atom is -0.480 e. The van der Waals surface area contributed by atoms with Gasteiger partial charge in [0.1, 0.15) is 11.9 Å². The summed E-state index contributed by atoms with van der Waals surface area (Å²) in [5.41, 5.74) is 2.56. The number of carbonyl (C=O) groups is 1. The lowest BCUT2D eigenvalue weighted by Gasteiger charge is -2.27. The zero-order valence-electron chi connectivity index (χ0n) is 13.9. The maximum absolute atomic E-state index is 11.8. The van der Waals surface area contributed by atoms with Gasteiger partial charge in [0.25, 0.3) is 0 Å².